The first-order valence-electron chi connectivity index (χ1n) is 11.2. The molecular formula is C26H29N3O4S. The van der Waals surface area contributed by atoms with Gasteiger partial charge in [0.05, 0.1) is 10.6 Å². The van der Waals surface area contributed by atoms with Crippen molar-refractivity contribution in [3.05, 3.63) is 83.9 Å². The van der Waals surface area contributed by atoms with E-state index in [9.17, 15) is 13.2 Å². The summed E-state index contributed by atoms with van der Waals surface area (Å²) in [6.45, 7) is 6.50. The smallest absolute Gasteiger partial charge is 0.261 e. The van der Waals surface area contributed by atoms with Crippen LogP contribution in [0.25, 0.3) is 0 Å². The molecule has 34 heavy (non-hydrogen) atoms. The molecule has 3 aromatic carbocycles. The zero-order valence-corrected chi connectivity index (χ0v) is 20.2. The van der Waals surface area contributed by atoms with Gasteiger partial charge in [-0.2, -0.15) is 0 Å². The summed E-state index contributed by atoms with van der Waals surface area (Å²) >= 11 is 0. The van der Waals surface area contributed by atoms with Crippen molar-refractivity contribution in [1.29, 1.82) is 0 Å². The summed E-state index contributed by atoms with van der Waals surface area (Å²) in [7, 11) is -3.73. The summed E-state index contributed by atoms with van der Waals surface area (Å²) in [6, 6.07) is 21.9. The highest BCUT2D eigenvalue weighted by atomic mass is 32.2. The van der Waals surface area contributed by atoms with E-state index in [4.69, 9.17) is 4.74 Å². The van der Waals surface area contributed by atoms with Crippen LogP contribution in [0.1, 0.15) is 11.1 Å². The number of carbonyl (C=O) groups excluding carboxylic acids is 1. The summed E-state index contributed by atoms with van der Waals surface area (Å²) < 4.78 is 33.8. The van der Waals surface area contributed by atoms with E-state index in [0.29, 0.717) is 24.5 Å². The number of aryl methyl sites for hydroxylation is 2. The number of hydrogen-bond acceptors (Lipinski definition) is 5. The lowest BCUT2D eigenvalue weighted by atomic mass is 10.1. The molecule has 1 aliphatic heterocycles. The Kier molecular flexibility index (Phi) is 7.07. The lowest BCUT2D eigenvalue weighted by Crippen LogP contribution is -2.50. The van der Waals surface area contributed by atoms with E-state index in [1.165, 1.54) is 12.1 Å². The van der Waals surface area contributed by atoms with Crippen molar-refractivity contribution >= 4 is 27.3 Å². The second kappa shape index (κ2) is 10.2. The van der Waals surface area contributed by atoms with Crippen LogP contribution >= 0.6 is 0 Å². The molecule has 1 N–H and O–H groups in total. The van der Waals surface area contributed by atoms with Gasteiger partial charge in [0.25, 0.3) is 15.9 Å². The quantitative estimate of drug-likeness (QED) is 0.557. The molecule has 0 spiro atoms. The Morgan fingerprint density at radius 2 is 1.59 bits per heavy atom. The Bertz CT molecular complexity index is 1240. The van der Waals surface area contributed by atoms with Crippen LogP contribution in [0.2, 0.25) is 0 Å². The molecule has 0 bridgehead atoms. The number of carbonyl (C=O) groups is 1. The van der Waals surface area contributed by atoms with Crippen LogP contribution < -0.4 is 14.4 Å². The minimum atomic E-state index is -3.73. The van der Waals surface area contributed by atoms with Crippen LogP contribution in [0.15, 0.2) is 77.7 Å². The third kappa shape index (κ3) is 5.69. The first-order valence-corrected chi connectivity index (χ1v) is 12.7. The number of anilines is 2. The fraction of sp³-hybridized carbons (Fsp3) is 0.269. The molecule has 178 valence electrons. The van der Waals surface area contributed by atoms with E-state index in [0.717, 1.165) is 29.9 Å². The zero-order valence-electron chi connectivity index (χ0n) is 19.4. The van der Waals surface area contributed by atoms with Crippen LogP contribution in [-0.2, 0) is 14.8 Å². The fourth-order valence-corrected chi connectivity index (χ4v) is 4.98. The first-order chi connectivity index (χ1) is 16.3. The zero-order chi connectivity index (χ0) is 24.1. The molecule has 1 fully saturated rings. The van der Waals surface area contributed by atoms with Crippen LogP contribution in [0.5, 0.6) is 5.75 Å². The van der Waals surface area contributed by atoms with Gasteiger partial charge in [0, 0.05) is 31.9 Å². The predicted octanol–water partition coefficient (Wildman–Crippen LogP) is 3.83. The van der Waals surface area contributed by atoms with Crippen molar-refractivity contribution in [2.75, 3.05) is 42.4 Å². The third-order valence-corrected chi connectivity index (χ3v) is 7.27. The van der Waals surface area contributed by atoms with Crippen molar-refractivity contribution in [2.45, 2.75) is 18.7 Å². The predicted molar refractivity (Wildman–Crippen MR) is 134 cm³/mol. The highest BCUT2D eigenvalue weighted by Gasteiger charge is 2.22. The maximum Gasteiger partial charge on any atom is 0.261 e. The number of sulfonamides is 1. The molecule has 1 amide bonds. The molecule has 1 aliphatic rings. The van der Waals surface area contributed by atoms with Gasteiger partial charge in [0.15, 0.2) is 6.61 Å². The highest BCUT2D eigenvalue weighted by Crippen LogP contribution is 2.23. The molecule has 0 aliphatic carbocycles. The summed E-state index contributed by atoms with van der Waals surface area (Å²) in [5.41, 5.74) is 3.53. The Hall–Kier alpha value is -3.52. The number of ether oxygens (including phenoxy) is 1. The van der Waals surface area contributed by atoms with Crippen LogP contribution in [0.4, 0.5) is 11.4 Å². The second-order valence-corrected chi connectivity index (χ2v) is 10.1. The first kappa shape index (κ1) is 23.6. The second-order valence-electron chi connectivity index (χ2n) is 8.39. The van der Waals surface area contributed by atoms with Crippen molar-refractivity contribution < 1.29 is 17.9 Å². The molecule has 0 atom stereocenters. The van der Waals surface area contributed by atoms with Crippen molar-refractivity contribution in [3.63, 3.8) is 0 Å². The van der Waals surface area contributed by atoms with Gasteiger partial charge in [-0.1, -0.05) is 30.3 Å². The Morgan fingerprint density at radius 3 is 2.26 bits per heavy atom. The molecule has 0 aromatic heterocycles. The van der Waals surface area contributed by atoms with Gasteiger partial charge in [-0.15, -0.1) is 0 Å². The minimum Gasteiger partial charge on any atom is -0.484 e. The maximum atomic E-state index is 12.8. The molecule has 4 rings (SSSR count). The SMILES string of the molecule is Cc1ccc(C)c(NS(=O)(=O)c2ccc(OCC(=O)N3CCN(c4ccccc4)CC3)cc2)c1. The highest BCUT2D eigenvalue weighted by molar-refractivity contribution is 7.92. The van der Waals surface area contributed by atoms with Crippen molar-refractivity contribution in [1.82, 2.24) is 4.90 Å². The number of amides is 1. The average molecular weight is 480 g/mol. The molecule has 8 heteroatoms. The summed E-state index contributed by atoms with van der Waals surface area (Å²) in [6.07, 6.45) is 0. The standard InChI is InChI=1S/C26H29N3O4S/c1-20-8-9-21(2)25(18-20)27-34(31,32)24-12-10-23(11-13-24)33-19-26(30)29-16-14-28(15-17-29)22-6-4-3-5-7-22/h3-13,18,27H,14-17,19H2,1-2H3. The van der Waals surface area contributed by atoms with Gasteiger partial charge >= 0.3 is 0 Å². The summed E-state index contributed by atoms with van der Waals surface area (Å²) in [5.74, 6) is 0.364. The summed E-state index contributed by atoms with van der Waals surface area (Å²) in [5, 5.41) is 0. The van der Waals surface area contributed by atoms with E-state index in [-0.39, 0.29) is 17.4 Å². The minimum absolute atomic E-state index is 0.0824. The van der Waals surface area contributed by atoms with Crippen molar-refractivity contribution in [3.8, 4) is 5.75 Å². The van der Waals surface area contributed by atoms with Crippen LogP contribution in [0, 0.1) is 13.8 Å². The molecule has 1 saturated heterocycles. The Balaban J connectivity index is 1.30. The molecule has 1 heterocycles. The normalized spacial score (nSPS) is 14.1. The van der Waals surface area contributed by atoms with Crippen LogP contribution in [0.3, 0.4) is 0 Å². The lowest BCUT2D eigenvalue weighted by molar-refractivity contribution is -0.133. The number of nitrogens with one attached hydrogen (secondary N) is 1. The number of nitrogens with zero attached hydrogens (tertiary/aromatic N) is 2. The molecule has 0 unspecified atom stereocenters. The fourth-order valence-electron chi connectivity index (χ4n) is 3.85. The topological polar surface area (TPSA) is 78.9 Å². The number of rotatable bonds is 7. The van der Waals surface area contributed by atoms with Gasteiger partial charge in [0.1, 0.15) is 5.75 Å². The molecule has 3 aromatic rings. The average Bonchev–Trinajstić information content (AvgIpc) is 2.85. The number of para-hydroxylation sites is 1. The third-order valence-electron chi connectivity index (χ3n) is 5.89. The van der Waals surface area contributed by atoms with Gasteiger partial charge in [-0.3, -0.25) is 9.52 Å². The van der Waals surface area contributed by atoms with E-state index in [2.05, 4.69) is 21.8 Å². The van der Waals surface area contributed by atoms with Gasteiger partial charge in [0.2, 0.25) is 0 Å². The number of hydrogen-bond donors (Lipinski definition) is 1. The maximum absolute atomic E-state index is 12.8. The Labute approximate surface area is 201 Å². The van der Waals surface area contributed by atoms with E-state index in [1.807, 2.05) is 44.2 Å². The molecular weight excluding hydrogens is 450 g/mol. The monoisotopic (exact) mass is 479 g/mol. The van der Waals surface area contributed by atoms with Gasteiger partial charge in [-0.05, 0) is 67.4 Å². The van der Waals surface area contributed by atoms with Gasteiger partial charge in [-0.25, -0.2) is 8.42 Å². The number of piperazine rings is 1. The van der Waals surface area contributed by atoms with Crippen molar-refractivity contribution in [2.24, 2.45) is 0 Å². The van der Waals surface area contributed by atoms with Crippen LogP contribution in [-0.4, -0.2) is 52.0 Å². The van der Waals surface area contributed by atoms with E-state index < -0.39 is 10.0 Å². The Morgan fingerprint density at radius 1 is 0.912 bits per heavy atom. The molecule has 0 saturated carbocycles. The lowest BCUT2D eigenvalue weighted by Gasteiger charge is -2.36. The largest absolute Gasteiger partial charge is 0.484 e. The number of benzene rings is 3. The summed E-state index contributed by atoms with van der Waals surface area (Å²) in [4.78, 5) is 16.8. The van der Waals surface area contributed by atoms with Gasteiger partial charge < -0.3 is 14.5 Å². The van der Waals surface area contributed by atoms with E-state index >= 15 is 0 Å². The van der Waals surface area contributed by atoms with E-state index in [1.54, 1.807) is 23.1 Å². The molecule has 0 radical (unpaired) electrons. The molecule has 7 nitrogen and oxygen atoms in total.